The van der Waals surface area contributed by atoms with Crippen LogP contribution in [0.25, 0.3) is 0 Å². The zero-order chi connectivity index (χ0) is 9.68. The van der Waals surface area contributed by atoms with Gasteiger partial charge in [0, 0.05) is 5.33 Å². The average molecular weight is 312 g/mol. The molecule has 1 heterocycles. The van der Waals surface area contributed by atoms with Crippen LogP contribution in [0, 0.1) is 0 Å². The summed E-state index contributed by atoms with van der Waals surface area (Å²) in [6, 6.07) is 0. The van der Waals surface area contributed by atoms with Crippen molar-refractivity contribution in [1.82, 2.24) is 9.97 Å². The molecule has 6 heteroatoms. The number of alkyl halides is 2. The Kier molecular flexibility index (Phi) is 4.44. The number of nitrogens with one attached hydrogen (secondary N) is 1. The molecule has 1 rings (SSSR count). The van der Waals surface area contributed by atoms with Gasteiger partial charge in [-0.05, 0) is 0 Å². The Labute approximate surface area is 92.0 Å². The molecule has 0 bridgehead atoms. The lowest BCUT2D eigenvalue weighted by molar-refractivity contribution is 0.319. The monoisotopic (exact) mass is 310 g/mol. The molecule has 0 aliphatic carbocycles. The molecule has 1 unspecified atom stereocenters. The predicted octanol–water partition coefficient (Wildman–Crippen LogP) is 1.31. The highest BCUT2D eigenvalue weighted by Crippen LogP contribution is 2.06. The van der Waals surface area contributed by atoms with Crippen LogP contribution in [0.4, 0.5) is 0 Å². The summed E-state index contributed by atoms with van der Waals surface area (Å²) in [7, 11) is 0. The second kappa shape index (κ2) is 5.39. The highest BCUT2D eigenvalue weighted by Gasteiger charge is 2.04. The molecule has 1 N–H and O–H groups in total. The van der Waals surface area contributed by atoms with E-state index >= 15 is 0 Å². The molecule has 0 saturated heterocycles. The van der Waals surface area contributed by atoms with Crippen LogP contribution < -0.4 is 10.3 Å². The number of ether oxygens (including phenoxy) is 1. The molecule has 0 spiro atoms. The van der Waals surface area contributed by atoms with Gasteiger partial charge in [0.15, 0.2) is 0 Å². The van der Waals surface area contributed by atoms with Crippen LogP contribution in [-0.4, -0.2) is 26.7 Å². The summed E-state index contributed by atoms with van der Waals surface area (Å²) in [5.41, 5.74) is -0.260. The van der Waals surface area contributed by atoms with Gasteiger partial charge in [0.25, 0.3) is 5.56 Å². The van der Waals surface area contributed by atoms with Crippen molar-refractivity contribution in [3.8, 4) is 5.75 Å². The molecular weight excluding hydrogens is 304 g/mol. The van der Waals surface area contributed by atoms with E-state index in [0.29, 0.717) is 6.61 Å². The van der Waals surface area contributed by atoms with Crippen LogP contribution in [-0.2, 0) is 0 Å². The van der Waals surface area contributed by atoms with Gasteiger partial charge in [-0.25, -0.2) is 4.98 Å². The van der Waals surface area contributed by atoms with E-state index in [1.807, 2.05) is 0 Å². The number of hydrogen-bond donors (Lipinski definition) is 1. The smallest absolute Gasteiger partial charge is 0.293 e. The number of aromatic amines is 1. The van der Waals surface area contributed by atoms with Crippen LogP contribution in [0.5, 0.6) is 5.75 Å². The molecule has 0 saturated carbocycles. The van der Waals surface area contributed by atoms with Gasteiger partial charge in [-0.3, -0.25) is 4.79 Å². The summed E-state index contributed by atoms with van der Waals surface area (Å²) in [5, 5.41) is 0.769. The van der Waals surface area contributed by atoms with E-state index in [9.17, 15) is 4.79 Å². The molecule has 0 amide bonds. The third-order valence-corrected chi connectivity index (χ3v) is 3.51. The van der Waals surface area contributed by atoms with Gasteiger partial charge in [-0.1, -0.05) is 31.9 Å². The lowest BCUT2D eigenvalue weighted by Gasteiger charge is -2.06. The number of aromatic nitrogens is 2. The summed E-state index contributed by atoms with van der Waals surface area (Å²) in [4.78, 5) is 17.4. The Balaban J connectivity index is 2.55. The fraction of sp³-hybridized carbons (Fsp3) is 0.429. The highest BCUT2D eigenvalue weighted by atomic mass is 79.9. The van der Waals surface area contributed by atoms with E-state index in [2.05, 4.69) is 41.8 Å². The maximum Gasteiger partial charge on any atom is 0.293 e. The lowest BCUT2D eigenvalue weighted by atomic mass is 10.5. The first-order chi connectivity index (χ1) is 6.24. The average Bonchev–Trinajstić information content (AvgIpc) is 2.16. The number of H-pyrrole nitrogens is 1. The standard InChI is InChI=1S/C7H8Br2N2O2/c8-1-5(9)3-13-6-2-10-4-11-7(6)12/h2,4-5H,1,3H2,(H,10,11,12). The molecule has 0 aliphatic heterocycles. The van der Waals surface area contributed by atoms with Crippen molar-refractivity contribution in [2.24, 2.45) is 0 Å². The van der Waals surface area contributed by atoms with E-state index in [-0.39, 0.29) is 16.1 Å². The molecule has 0 aromatic carbocycles. The van der Waals surface area contributed by atoms with Gasteiger partial charge in [-0.2, -0.15) is 0 Å². The van der Waals surface area contributed by atoms with Crippen LogP contribution in [0.3, 0.4) is 0 Å². The molecule has 4 nitrogen and oxygen atoms in total. The summed E-state index contributed by atoms with van der Waals surface area (Å²) in [5.74, 6) is 0.243. The van der Waals surface area contributed by atoms with E-state index in [0.717, 1.165) is 5.33 Å². The Morgan fingerprint density at radius 2 is 2.46 bits per heavy atom. The summed E-state index contributed by atoms with van der Waals surface area (Å²) in [6.45, 7) is 0.431. The van der Waals surface area contributed by atoms with Crippen LogP contribution in [0.2, 0.25) is 0 Å². The zero-order valence-corrected chi connectivity index (χ0v) is 9.84. The van der Waals surface area contributed by atoms with Crippen molar-refractivity contribution in [3.05, 3.63) is 22.9 Å². The third-order valence-electron chi connectivity index (χ3n) is 1.27. The van der Waals surface area contributed by atoms with Crippen molar-refractivity contribution in [2.75, 3.05) is 11.9 Å². The van der Waals surface area contributed by atoms with Gasteiger partial charge in [-0.15, -0.1) is 0 Å². The van der Waals surface area contributed by atoms with E-state index in [1.165, 1.54) is 12.5 Å². The lowest BCUT2D eigenvalue weighted by Crippen LogP contribution is -2.17. The Hall–Kier alpha value is -0.360. The quantitative estimate of drug-likeness (QED) is 0.853. The van der Waals surface area contributed by atoms with Gasteiger partial charge < -0.3 is 9.72 Å². The number of rotatable bonds is 4. The highest BCUT2D eigenvalue weighted by molar-refractivity contribution is 9.12. The minimum atomic E-state index is -0.260. The topological polar surface area (TPSA) is 55.0 Å². The molecule has 0 radical (unpaired) electrons. The van der Waals surface area contributed by atoms with Crippen LogP contribution in [0.15, 0.2) is 17.3 Å². The second-order valence-corrected chi connectivity index (χ2v) is 4.25. The Bertz CT molecular complexity index is 315. The van der Waals surface area contributed by atoms with Gasteiger partial charge in [0.1, 0.15) is 6.61 Å². The van der Waals surface area contributed by atoms with Crippen LogP contribution >= 0.6 is 31.9 Å². The summed E-state index contributed by atoms with van der Waals surface area (Å²) < 4.78 is 5.21. The van der Waals surface area contributed by atoms with Gasteiger partial charge in [0.2, 0.25) is 5.75 Å². The number of halogens is 2. The maximum atomic E-state index is 11.1. The largest absolute Gasteiger partial charge is 0.485 e. The van der Waals surface area contributed by atoms with Crippen molar-refractivity contribution < 1.29 is 4.74 Å². The minimum Gasteiger partial charge on any atom is -0.485 e. The Morgan fingerprint density at radius 3 is 3.08 bits per heavy atom. The summed E-state index contributed by atoms with van der Waals surface area (Å²) >= 11 is 6.63. The summed E-state index contributed by atoms with van der Waals surface area (Å²) in [6.07, 6.45) is 2.72. The predicted molar refractivity (Wildman–Crippen MR) is 56.9 cm³/mol. The molecule has 0 fully saturated rings. The SMILES string of the molecule is O=c1[nH]cncc1OCC(Br)CBr. The first-order valence-corrected chi connectivity index (χ1v) is 5.63. The van der Waals surface area contributed by atoms with Crippen LogP contribution in [0.1, 0.15) is 0 Å². The molecule has 13 heavy (non-hydrogen) atoms. The molecule has 72 valence electrons. The molecular formula is C7H8Br2N2O2. The minimum absolute atomic E-state index is 0.187. The van der Waals surface area contributed by atoms with Gasteiger partial charge in [0.05, 0.1) is 17.4 Å². The van der Waals surface area contributed by atoms with E-state index in [1.54, 1.807) is 0 Å². The van der Waals surface area contributed by atoms with Crippen molar-refractivity contribution >= 4 is 31.9 Å². The second-order valence-electron chi connectivity index (χ2n) is 2.31. The number of hydrogen-bond acceptors (Lipinski definition) is 3. The maximum absolute atomic E-state index is 11.1. The molecule has 1 atom stereocenters. The molecule has 0 aliphatic rings. The van der Waals surface area contributed by atoms with Gasteiger partial charge >= 0.3 is 0 Å². The zero-order valence-electron chi connectivity index (χ0n) is 6.67. The first kappa shape index (κ1) is 10.7. The normalized spacial score (nSPS) is 12.5. The number of nitrogens with zero attached hydrogens (tertiary/aromatic N) is 1. The van der Waals surface area contributed by atoms with Crippen molar-refractivity contribution in [2.45, 2.75) is 4.83 Å². The fourth-order valence-corrected chi connectivity index (χ4v) is 0.977. The molecule has 1 aromatic heterocycles. The van der Waals surface area contributed by atoms with Crippen molar-refractivity contribution in [3.63, 3.8) is 0 Å². The van der Waals surface area contributed by atoms with Crippen molar-refractivity contribution in [1.29, 1.82) is 0 Å². The fourth-order valence-electron chi connectivity index (χ4n) is 0.658. The first-order valence-electron chi connectivity index (χ1n) is 3.59. The molecule has 1 aromatic rings. The Morgan fingerprint density at radius 1 is 1.69 bits per heavy atom. The van der Waals surface area contributed by atoms with E-state index in [4.69, 9.17) is 4.74 Å². The third kappa shape index (κ3) is 3.48. The van der Waals surface area contributed by atoms with E-state index < -0.39 is 0 Å².